The standard InChI is InChI=1S/C36H53IN2O8/c1-22(2)27-11-10-23(3)14-30(27)46-21-33(42)39(19-24-8-6-5-7-9-24)29-17-26(36(44)38-12-13-40)18-31(34(29)43)47-35-28(37)15-25(20-41)16-32(35)45-4/h15-16,18,20,22-24,27,29-31,34,40,43H,5-14,17,19,21H2,1-4H3,(H,38,44). The second kappa shape index (κ2) is 18.0. The third-order valence-corrected chi connectivity index (χ3v) is 10.9. The first kappa shape index (κ1) is 37.6. The van der Waals surface area contributed by atoms with Crippen molar-refractivity contribution in [3.8, 4) is 11.5 Å². The van der Waals surface area contributed by atoms with Crippen LogP contribution in [0.3, 0.4) is 0 Å². The minimum Gasteiger partial charge on any atom is -0.493 e. The van der Waals surface area contributed by atoms with Crippen molar-refractivity contribution >= 4 is 40.7 Å². The van der Waals surface area contributed by atoms with Crippen LogP contribution in [0.4, 0.5) is 0 Å². The van der Waals surface area contributed by atoms with E-state index in [0.29, 0.717) is 50.5 Å². The molecule has 11 heteroatoms. The zero-order valence-electron chi connectivity index (χ0n) is 28.3. The van der Waals surface area contributed by atoms with Gasteiger partial charge >= 0.3 is 0 Å². The maximum atomic E-state index is 14.2. The van der Waals surface area contributed by atoms with E-state index in [4.69, 9.17) is 14.2 Å². The molecule has 262 valence electrons. The molecule has 0 radical (unpaired) electrons. The van der Waals surface area contributed by atoms with Gasteiger partial charge in [0.05, 0.1) is 29.4 Å². The Bertz CT molecular complexity index is 1250. The summed E-state index contributed by atoms with van der Waals surface area (Å²) in [6.45, 7) is 6.90. The lowest BCUT2D eigenvalue weighted by atomic mass is 9.75. The molecule has 1 aromatic rings. The van der Waals surface area contributed by atoms with Gasteiger partial charge in [-0.2, -0.15) is 0 Å². The summed E-state index contributed by atoms with van der Waals surface area (Å²) in [7, 11) is 1.47. The van der Waals surface area contributed by atoms with Gasteiger partial charge in [0.25, 0.3) is 0 Å². The molecule has 4 rings (SSSR count). The van der Waals surface area contributed by atoms with E-state index in [1.165, 1.54) is 13.5 Å². The number of hydrogen-bond donors (Lipinski definition) is 3. The van der Waals surface area contributed by atoms with Crippen LogP contribution in [0.25, 0.3) is 0 Å². The molecule has 3 aliphatic rings. The average molecular weight is 769 g/mol. The number of nitrogens with zero attached hydrogens (tertiary/aromatic N) is 1. The number of carbonyl (C=O) groups is 3. The normalized spacial score (nSPS) is 26.8. The number of benzene rings is 1. The number of aliphatic hydroxyl groups excluding tert-OH is 2. The van der Waals surface area contributed by atoms with Gasteiger partial charge in [0, 0.05) is 30.6 Å². The molecule has 47 heavy (non-hydrogen) atoms. The van der Waals surface area contributed by atoms with Crippen molar-refractivity contribution in [3.05, 3.63) is 32.9 Å². The molecule has 0 heterocycles. The van der Waals surface area contributed by atoms with Gasteiger partial charge in [0.15, 0.2) is 11.5 Å². The van der Waals surface area contributed by atoms with Crippen LogP contribution < -0.4 is 14.8 Å². The van der Waals surface area contributed by atoms with Gasteiger partial charge in [-0.25, -0.2) is 0 Å². The molecule has 0 saturated heterocycles. The summed E-state index contributed by atoms with van der Waals surface area (Å²) in [5, 5.41) is 24.0. The molecule has 2 saturated carbocycles. The van der Waals surface area contributed by atoms with E-state index in [9.17, 15) is 24.6 Å². The smallest absolute Gasteiger partial charge is 0.248 e. The monoisotopic (exact) mass is 768 g/mol. The second-order valence-electron chi connectivity index (χ2n) is 13.9. The van der Waals surface area contributed by atoms with Crippen molar-refractivity contribution < 1.29 is 38.8 Å². The third-order valence-electron chi connectivity index (χ3n) is 10.1. The van der Waals surface area contributed by atoms with E-state index in [0.717, 1.165) is 51.2 Å². The van der Waals surface area contributed by atoms with Gasteiger partial charge in [-0.05, 0) is 90.2 Å². The maximum absolute atomic E-state index is 14.2. The van der Waals surface area contributed by atoms with E-state index in [1.54, 1.807) is 23.1 Å². The van der Waals surface area contributed by atoms with Crippen LogP contribution in [0.15, 0.2) is 23.8 Å². The predicted molar refractivity (Wildman–Crippen MR) is 187 cm³/mol. The summed E-state index contributed by atoms with van der Waals surface area (Å²) < 4.78 is 18.9. The van der Waals surface area contributed by atoms with E-state index in [1.807, 2.05) is 22.6 Å². The first-order valence-corrected chi connectivity index (χ1v) is 18.3. The van der Waals surface area contributed by atoms with Crippen molar-refractivity contribution in [2.24, 2.45) is 23.7 Å². The van der Waals surface area contributed by atoms with Crippen molar-refractivity contribution in [1.29, 1.82) is 0 Å². The van der Waals surface area contributed by atoms with Crippen LogP contribution in [-0.4, -0.2) is 91.0 Å². The van der Waals surface area contributed by atoms with Gasteiger partial charge in [0.1, 0.15) is 25.1 Å². The average Bonchev–Trinajstić information content (AvgIpc) is 3.06. The third kappa shape index (κ3) is 9.92. The van der Waals surface area contributed by atoms with Gasteiger partial charge in [0.2, 0.25) is 11.8 Å². The van der Waals surface area contributed by atoms with Gasteiger partial charge < -0.3 is 34.6 Å². The summed E-state index contributed by atoms with van der Waals surface area (Å²) in [6, 6.07) is 2.47. The fourth-order valence-electron chi connectivity index (χ4n) is 7.48. The molecule has 1 aromatic carbocycles. The number of amides is 2. The molecule has 2 fully saturated rings. The Morgan fingerprint density at radius 3 is 2.55 bits per heavy atom. The highest BCUT2D eigenvalue weighted by Crippen LogP contribution is 2.38. The fourth-order valence-corrected chi connectivity index (χ4v) is 8.23. The van der Waals surface area contributed by atoms with Crippen molar-refractivity contribution in [2.45, 2.75) is 103 Å². The fraction of sp³-hybridized carbons (Fsp3) is 0.694. The molecule has 0 bridgehead atoms. The van der Waals surface area contributed by atoms with Gasteiger partial charge in [-0.15, -0.1) is 0 Å². The molecule has 6 atom stereocenters. The molecule has 10 nitrogen and oxygen atoms in total. The van der Waals surface area contributed by atoms with E-state index < -0.39 is 18.2 Å². The van der Waals surface area contributed by atoms with Crippen LogP contribution in [-0.2, 0) is 14.3 Å². The topological polar surface area (TPSA) is 135 Å². The minimum absolute atomic E-state index is 0.00446. The summed E-state index contributed by atoms with van der Waals surface area (Å²) in [4.78, 5) is 40.8. The van der Waals surface area contributed by atoms with Crippen LogP contribution in [0.5, 0.6) is 11.5 Å². The van der Waals surface area contributed by atoms with Crippen LogP contribution in [0.2, 0.25) is 0 Å². The molecular formula is C36H53IN2O8. The lowest BCUT2D eigenvalue weighted by Gasteiger charge is -2.43. The first-order valence-electron chi connectivity index (χ1n) is 17.2. The van der Waals surface area contributed by atoms with Crippen LogP contribution >= 0.6 is 22.6 Å². The summed E-state index contributed by atoms with van der Waals surface area (Å²) in [5.41, 5.74) is 0.775. The number of hydrogen-bond acceptors (Lipinski definition) is 8. The Kier molecular flexibility index (Phi) is 14.4. The molecule has 3 N–H and O–H groups in total. The van der Waals surface area contributed by atoms with E-state index in [-0.39, 0.29) is 50.0 Å². The summed E-state index contributed by atoms with van der Waals surface area (Å²) in [6.07, 6.45) is 8.81. The zero-order valence-corrected chi connectivity index (χ0v) is 30.4. The number of ether oxygens (including phenoxy) is 3. The summed E-state index contributed by atoms with van der Waals surface area (Å²) in [5.74, 6) is 1.71. The number of methoxy groups -OCH3 is 1. The lowest BCUT2D eigenvalue weighted by molar-refractivity contribution is -0.149. The largest absolute Gasteiger partial charge is 0.493 e. The highest BCUT2D eigenvalue weighted by Gasteiger charge is 2.42. The molecule has 0 aromatic heterocycles. The maximum Gasteiger partial charge on any atom is 0.248 e. The van der Waals surface area contributed by atoms with Crippen molar-refractivity contribution in [2.75, 3.05) is 33.4 Å². The molecule has 3 aliphatic carbocycles. The number of nitrogens with one attached hydrogen (secondary N) is 1. The highest BCUT2D eigenvalue weighted by atomic mass is 127. The molecule has 0 spiro atoms. The Labute approximate surface area is 293 Å². The molecule has 6 unspecified atom stereocenters. The molecule has 2 amide bonds. The first-order chi connectivity index (χ1) is 22.6. The number of rotatable bonds is 14. The SMILES string of the molecule is COc1cc(C=O)cc(I)c1OC1C=C(C(=O)NCCO)CC(N(CC2CCCCC2)C(=O)COC2CC(C)CCC2C(C)C)C1O. The van der Waals surface area contributed by atoms with Gasteiger partial charge in [-0.3, -0.25) is 14.4 Å². The highest BCUT2D eigenvalue weighted by molar-refractivity contribution is 14.1. The number of halogens is 1. The Hall–Kier alpha value is -2.22. The number of aliphatic hydroxyl groups is 2. The van der Waals surface area contributed by atoms with Crippen molar-refractivity contribution in [3.63, 3.8) is 0 Å². The summed E-state index contributed by atoms with van der Waals surface area (Å²) >= 11 is 2.05. The Morgan fingerprint density at radius 2 is 1.89 bits per heavy atom. The minimum atomic E-state index is -1.17. The quantitative estimate of drug-likeness (QED) is 0.180. The zero-order chi connectivity index (χ0) is 34.1. The Morgan fingerprint density at radius 1 is 1.15 bits per heavy atom. The van der Waals surface area contributed by atoms with E-state index in [2.05, 4.69) is 26.1 Å². The molecule has 0 aliphatic heterocycles. The van der Waals surface area contributed by atoms with Gasteiger partial charge in [-0.1, -0.05) is 46.5 Å². The van der Waals surface area contributed by atoms with Crippen LogP contribution in [0.1, 0.15) is 88.9 Å². The number of carbonyl (C=O) groups excluding carboxylic acids is 3. The second-order valence-corrected chi connectivity index (χ2v) is 15.1. The van der Waals surface area contributed by atoms with Crippen LogP contribution in [0, 0.1) is 27.2 Å². The molecular weight excluding hydrogens is 715 g/mol. The van der Waals surface area contributed by atoms with E-state index >= 15 is 0 Å². The lowest BCUT2D eigenvalue weighted by Crippen LogP contribution is -2.57. The number of aldehydes is 1. The predicted octanol–water partition coefficient (Wildman–Crippen LogP) is 4.91. The Balaban J connectivity index is 1.65. The van der Waals surface area contributed by atoms with Crippen molar-refractivity contribution in [1.82, 2.24) is 10.2 Å².